The van der Waals surface area contributed by atoms with Crippen molar-refractivity contribution in [1.82, 2.24) is 15.5 Å². The molecule has 0 radical (unpaired) electrons. The van der Waals surface area contributed by atoms with Gasteiger partial charge >= 0.3 is 6.03 Å². The van der Waals surface area contributed by atoms with Crippen LogP contribution in [0.15, 0.2) is 84.9 Å². The van der Waals surface area contributed by atoms with Crippen LogP contribution in [-0.2, 0) is 15.1 Å². The summed E-state index contributed by atoms with van der Waals surface area (Å²) in [5.41, 5.74) is 0.177. The molecule has 180 valence electrons. The minimum absolute atomic E-state index is 0.0419. The second-order valence-electron chi connectivity index (χ2n) is 8.22. The fourth-order valence-corrected chi connectivity index (χ4v) is 4.16. The highest BCUT2D eigenvalue weighted by Gasteiger charge is 2.51. The molecular formula is C27H26FN3O4. The lowest BCUT2D eigenvalue weighted by atomic mass is 9.87. The van der Waals surface area contributed by atoms with Crippen LogP contribution in [0, 0.1) is 5.82 Å². The smallest absolute Gasteiger partial charge is 0.325 e. The van der Waals surface area contributed by atoms with Gasteiger partial charge in [-0.25, -0.2) is 9.18 Å². The van der Waals surface area contributed by atoms with Crippen LogP contribution in [0.25, 0.3) is 0 Å². The molecule has 1 heterocycles. The van der Waals surface area contributed by atoms with Crippen LogP contribution in [-0.4, -0.2) is 35.9 Å². The SMILES string of the molecule is CC[C@]1(c2ccccc2)NC(=O)N(CC(=O)N[C@H](COc2ccccc2F)c2ccccc2)C1=O. The Morgan fingerprint density at radius 1 is 1.00 bits per heavy atom. The molecule has 0 saturated carbocycles. The predicted molar refractivity (Wildman–Crippen MR) is 128 cm³/mol. The molecule has 2 N–H and O–H groups in total. The molecule has 2 atom stereocenters. The van der Waals surface area contributed by atoms with E-state index in [4.69, 9.17) is 4.74 Å². The van der Waals surface area contributed by atoms with Gasteiger partial charge in [0.25, 0.3) is 5.91 Å². The van der Waals surface area contributed by atoms with Crippen LogP contribution in [0.2, 0.25) is 0 Å². The molecule has 1 saturated heterocycles. The zero-order chi connectivity index (χ0) is 24.8. The van der Waals surface area contributed by atoms with E-state index < -0.39 is 41.8 Å². The topological polar surface area (TPSA) is 87.7 Å². The summed E-state index contributed by atoms with van der Waals surface area (Å²) in [4.78, 5) is 39.9. The number of nitrogens with zero attached hydrogens (tertiary/aromatic N) is 1. The fraction of sp³-hybridized carbons (Fsp3) is 0.222. The van der Waals surface area contributed by atoms with Crippen molar-refractivity contribution in [2.24, 2.45) is 0 Å². The van der Waals surface area contributed by atoms with Crippen LogP contribution in [0.1, 0.15) is 30.5 Å². The summed E-state index contributed by atoms with van der Waals surface area (Å²) in [6.45, 7) is 1.31. The molecule has 1 fully saturated rings. The van der Waals surface area contributed by atoms with Gasteiger partial charge in [0.05, 0.1) is 6.04 Å². The van der Waals surface area contributed by atoms with Crippen LogP contribution in [0.5, 0.6) is 5.75 Å². The van der Waals surface area contributed by atoms with Crippen molar-refractivity contribution in [3.8, 4) is 5.75 Å². The Bertz CT molecular complexity index is 1210. The molecular weight excluding hydrogens is 449 g/mol. The average Bonchev–Trinajstić information content (AvgIpc) is 3.13. The third-order valence-corrected chi connectivity index (χ3v) is 6.05. The first-order valence-electron chi connectivity index (χ1n) is 11.4. The number of nitrogens with one attached hydrogen (secondary N) is 2. The number of benzene rings is 3. The van der Waals surface area contributed by atoms with Gasteiger partial charge < -0.3 is 15.4 Å². The van der Waals surface area contributed by atoms with Gasteiger partial charge in [-0.15, -0.1) is 0 Å². The predicted octanol–water partition coefficient (Wildman–Crippen LogP) is 3.92. The Kier molecular flexibility index (Phi) is 7.10. The fourth-order valence-electron chi connectivity index (χ4n) is 4.16. The van der Waals surface area contributed by atoms with Crippen LogP contribution >= 0.6 is 0 Å². The van der Waals surface area contributed by atoms with Gasteiger partial charge in [0.1, 0.15) is 18.7 Å². The highest BCUT2D eigenvalue weighted by Crippen LogP contribution is 2.32. The third-order valence-electron chi connectivity index (χ3n) is 6.05. The first kappa shape index (κ1) is 23.9. The lowest BCUT2D eigenvalue weighted by Gasteiger charge is -2.26. The zero-order valence-electron chi connectivity index (χ0n) is 19.2. The van der Waals surface area contributed by atoms with Gasteiger partial charge in [-0.3, -0.25) is 14.5 Å². The molecule has 8 heteroatoms. The second kappa shape index (κ2) is 10.4. The summed E-state index contributed by atoms with van der Waals surface area (Å²) in [6, 6.07) is 22.8. The van der Waals surface area contributed by atoms with E-state index >= 15 is 0 Å². The van der Waals surface area contributed by atoms with Crippen LogP contribution in [0.4, 0.5) is 9.18 Å². The molecule has 3 aromatic rings. The summed E-state index contributed by atoms with van der Waals surface area (Å²) in [6.07, 6.45) is 0.336. The minimum Gasteiger partial charge on any atom is -0.488 e. The first-order valence-corrected chi connectivity index (χ1v) is 11.4. The molecule has 3 aromatic carbocycles. The molecule has 0 aromatic heterocycles. The number of para-hydroxylation sites is 1. The van der Waals surface area contributed by atoms with Crippen molar-refractivity contribution in [2.75, 3.05) is 13.2 Å². The molecule has 1 aliphatic heterocycles. The number of rotatable bonds is 9. The minimum atomic E-state index is -1.22. The maximum Gasteiger partial charge on any atom is 0.325 e. The highest BCUT2D eigenvalue weighted by atomic mass is 19.1. The van der Waals surface area contributed by atoms with E-state index in [1.54, 1.807) is 55.5 Å². The van der Waals surface area contributed by atoms with Gasteiger partial charge in [-0.1, -0.05) is 79.7 Å². The summed E-state index contributed by atoms with van der Waals surface area (Å²) in [5, 5.41) is 5.58. The van der Waals surface area contributed by atoms with E-state index in [0.717, 1.165) is 10.5 Å². The second-order valence-corrected chi connectivity index (χ2v) is 8.22. The number of carbonyl (C=O) groups is 3. The van der Waals surface area contributed by atoms with Crippen LogP contribution in [0.3, 0.4) is 0 Å². The van der Waals surface area contributed by atoms with Gasteiger partial charge in [0.15, 0.2) is 11.6 Å². The van der Waals surface area contributed by atoms with E-state index in [1.165, 1.54) is 12.1 Å². The number of halogens is 1. The standard InChI is InChI=1S/C27H26FN3O4/c1-2-27(20-13-7-4-8-14-20)25(33)31(26(34)30-27)17-24(32)29-22(19-11-5-3-6-12-19)18-35-23-16-10-9-15-21(23)28/h3-16,22H,2,17-18H2,1H3,(H,29,32)(H,30,34)/t22-,27-/m1/s1. The lowest BCUT2D eigenvalue weighted by molar-refractivity contribution is -0.135. The maximum atomic E-state index is 14.0. The van der Waals surface area contributed by atoms with Crippen molar-refractivity contribution >= 4 is 17.8 Å². The molecule has 0 unspecified atom stereocenters. The summed E-state index contributed by atoms with van der Waals surface area (Å²) in [7, 11) is 0. The number of carbonyl (C=O) groups excluding carboxylic acids is 3. The Morgan fingerprint density at radius 2 is 1.63 bits per heavy atom. The number of ether oxygens (including phenoxy) is 1. The number of hydrogen-bond donors (Lipinski definition) is 2. The summed E-state index contributed by atoms with van der Waals surface area (Å²) in [5.74, 6) is -1.47. The number of imide groups is 1. The molecule has 0 aliphatic carbocycles. The monoisotopic (exact) mass is 475 g/mol. The van der Waals surface area contributed by atoms with Gasteiger partial charge in [-0.05, 0) is 29.7 Å². The lowest BCUT2D eigenvalue weighted by Crippen LogP contribution is -2.45. The summed E-state index contributed by atoms with van der Waals surface area (Å²) >= 11 is 0. The molecule has 4 rings (SSSR count). The van der Waals surface area contributed by atoms with Crippen molar-refractivity contribution in [2.45, 2.75) is 24.9 Å². The van der Waals surface area contributed by atoms with E-state index in [2.05, 4.69) is 10.6 Å². The van der Waals surface area contributed by atoms with Crippen molar-refractivity contribution < 1.29 is 23.5 Å². The molecule has 1 aliphatic rings. The first-order chi connectivity index (χ1) is 16.9. The highest BCUT2D eigenvalue weighted by molar-refractivity contribution is 6.09. The number of urea groups is 1. The Labute approximate surface area is 202 Å². The van der Waals surface area contributed by atoms with Gasteiger partial charge in [0, 0.05) is 0 Å². The largest absolute Gasteiger partial charge is 0.488 e. The van der Waals surface area contributed by atoms with Crippen molar-refractivity contribution in [1.29, 1.82) is 0 Å². The van der Waals surface area contributed by atoms with E-state index in [0.29, 0.717) is 12.0 Å². The van der Waals surface area contributed by atoms with E-state index in [9.17, 15) is 18.8 Å². The Morgan fingerprint density at radius 3 is 2.29 bits per heavy atom. The van der Waals surface area contributed by atoms with E-state index in [-0.39, 0.29) is 12.4 Å². The molecule has 0 bridgehead atoms. The van der Waals surface area contributed by atoms with E-state index in [1.807, 2.05) is 24.3 Å². The maximum absolute atomic E-state index is 14.0. The van der Waals surface area contributed by atoms with Gasteiger partial charge in [-0.2, -0.15) is 0 Å². The zero-order valence-corrected chi connectivity index (χ0v) is 19.2. The van der Waals surface area contributed by atoms with Crippen molar-refractivity contribution in [3.63, 3.8) is 0 Å². The molecule has 35 heavy (non-hydrogen) atoms. The molecule has 4 amide bonds. The average molecular weight is 476 g/mol. The molecule has 7 nitrogen and oxygen atoms in total. The normalized spacial score (nSPS) is 18.2. The number of hydrogen-bond acceptors (Lipinski definition) is 4. The van der Waals surface area contributed by atoms with Crippen LogP contribution < -0.4 is 15.4 Å². The molecule has 0 spiro atoms. The Balaban J connectivity index is 1.49. The summed E-state index contributed by atoms with van der Waals surface area (Å²) < 4.78 is 19.6. The van der Waals surface area contributed by atoms with Gasteiger partial charge in [0.2, 0.25) is 5.91 Å². The number of amides is 4. The third kappa shape index (κ3) is 5.01. The quantitative estimate of drug-likeness (QED) is 0.459. The van der Waals surface area contributed by atoms with Crippen molar-refractivity contribution in [3.05, 3.63) is 102 Å². The Hall–Kier alpha value is -4.20.